The molecule has 1 aliphatic heterocycles. The molecule has 0 bridgehead atoms. The highest BCUT2D eigenvalue weighted by Gasteiger charge is 2.22. The van der Waals surface area contributed by atoms with E-state index in [0.29, 0.717) is 12.0 Å². The van der Waals surface area contributed by atoms with E-state index in [-0.39, 0.29) is 5.91 Å². The third-order valence-electron chi connectivity index (χ3n) is 4.22. The van der Waals surface area contributed by atoms with Crippen molar-refractivity contribution in [2.75, 3.05) is 19.6 Å². The first-order chi connectivity index (χ1) is 9.15. The summed E-state index contributed by atoms with van der Waals surface area (Å²) in [5.41, 5.74) is 6.10. The zero-order valence-electron chi connectivity index (χ0n) is 11.9. The van der Waals surface area contributed by atoms with Gasteiger partial charge in [0.1, 0.15) is 0 Å². The van der Waals surface area contributed by atoms with Gasteiger partial charge in [0.25, 0.3) is 0 Å². The molecule has 0 aromatic heterocycles. The highest BCUT2D eigenvalue weighted by Crippen LogP contribution is 2.22. The maximum Gasteiger partial charge on any atom is 0.216 e. The number of rotatable bonds is 3. The van der Waals surface area contributed by atoms with Crippen LogP contribution in [0.2, 0.25) is 0 Å². The summed E-state index contributed by atoms with van der Waals surface area (Å²) in [7, 11) is 0. The first kappa shape index (κ1) is 14.2. The van der Waals surface area contributed by atoms with E-state index in [1.165, 1.54) is 25.7 Å². The van der Waals surface area contributed by atoms with Crippen LogP contribution >= 0.6 is 0 Å². The number of carbonyl (C=O) groups is 1. The van der Waals surface area contributed by atoms with Gasteiger partial charge in [0, 0.05) is 26.6 Å². The van der Waals surface area contributed by atoms with Crippen LogP contribution in [0.25, 0.3) is 0 Å². The number of guanidine groups is 1. The first-order valence-corrected chi connectivity index (χ1v) is 7.48. The molecule has 5 nitrogen and oxygen atoms in total. The first-order valence-electron chi connectivity index (χ1n) is 7.48. The highest BCUT2D eigenvalue weighted by atomic mass is 16.1. The Labute approximate surface area is 115 Å². The van der Waals surface area contributed by atoms with Gasteiger partial charge in [0.15, 0.2) is 5.96 Å². The molecule has 0 unspecified atom stereocenters. The normalized spacial score (nSPS) is 22.8. The number of hydrogen-bond donors (Lipinski definition) is 2. The Morgan fingerprint density at radius 3 is 2.47 bits per heavy atom. The monoisotopic (exact) mass is 266 g/mol. The zero-order chi connectivity index (χ0) is 13.7. The Kier molecular flexibility index (Phi) is 5.05. The standard InChI is InChI=1S/C14H26N4O/c1-11(19)16-10-12-6-8-18(9-7-12)14(15)17-13-4-2-3-5-13/h12-13H,2-10H2,1H3,(H2,15,17)(H,16,19). The molecule has 1 saturated heterocycles. The number of piperidine rings is 1. The molecule has 2 fully saturated rings. The summed E-state index contributed by atoms with van der Waals surface area (Å²) in [5.74, 6) is 1.37. The Morgan fingerprint density at radius 2 is 1.89 bits per heavy atom. The van der Waals surface area contributed by atoms with E-state index >= 15 is 0 Å². The number of nitrogens with zero attached hydrogens (tertiary/aromatic N) is 2. The van der Waals surface area contributed by atoms with Crippen LogP contribution in [0, 0.1) is 5.92 Å². The Hall–Kier alpha value is -1.26. The third kappa shape index (κ3) is 4.40. The second-order valence-electron chi connectivity index (χ2n) is 5.79. The molecule has 2 rings (SSSR count). The van der Waals surface area contributed by atoms with Gasteiger partial charge in [0.05, 0.1) is 6.04 Å². The number of likely N-dealkylation sites (tertiary alicyclic amines) is 1. The van der Waals surface area contributed by atoms with E-state index < -0.39 is 0 Å². The molecule has 0 spiro atoms. The van der Waals surface area contributed by atoms with Crippen molar-refractivity contribution in [1.29, 1.82) is 0 Å². The molecule has 1 amide bonds. The minimum Gasteiger partial charge on any atom is -0.370 e. The Balaban J connectivity index is 1.74. The van der Waals surface area contributed by atoms with Gasteiger partial charge in [-0.15, -0.1) is 0 Å². The summed E-state index contributed by atoms with van der Waals surface area (Å²) in [6.45, 7) is 4.29. The largest absolute Gasteiger partial charge is 0.370 e. The summed E-state index contributed by atoms with van der Waals surface area (Å²) in [5, 5.41) is 2.90. The molecule has 108 valence electrons. The van der Waals surface area contributed by atoms with Crippen molar-refractivity contribution in [2.45, 2.75) is 51.5 Å². The molecule has 0 aromatic carbocycles. The van der Waals surface area contributed by atoms with Gasteiger partial charge in [0.2, 0.25) is 5.91 Å². The molecule has 1 saturated carbocycles. The van der Waals surface area contributed by atoms with E-state index in [1.807, 2.05) is 0 Å². The molecule has 3 N–H and O–H groups in total. The quantitative estimate of drug-likeness (QED) is 0.593. The number of carbonyl (C=O) groups excluding carboxylic acids is 1. The molecule has 0 radical (unpaired) electrons. The van der Waals surface area contributed by atoms with Crippen molar-refractivity contribution >= 4 is 11.9 Å². The van der Waals surface area contributed by atoms with Gasteiger partial charge >= 0.3 is 0 Å². The van der Waals surface area contributed by atoms with Gasteiger partial charge < -0.3 is 16.0 Å². The second-order valence-corrected chi connectivity index (χ2v) is 5.79. The summed E-state index contributed by atoms with van der Waals surface area (Å²) in [6.07, 6.45) is 7.14. The third-order valence-corrected chi connectivity index (χ3v) is 4.22. The van der Waals surface area contributed by atoms with Crippen LogP contribution in [-0.2, 0) is 4.79 Å². The minimum atomic E-state index is 0.0599. The Morgan fingerprint density at radius 1 is 1.26 bits per heavy atom. The number of nitrogens with one attached hydrogen (secondary N) is 1. The molecular formula is C14H26N4O. The zero-order valence-corrected chi connectivity index (χ0v) is 11.9. The summed E-state index contributed by atoms with van der Waals surface area (Å²) in [4.78, 5) is 17.7. The van der Waals surface area contributed by atoms with Gasteiger partial charge in [-0.25, -0.2) is 4.99 Å². The van der Waals surface area contributed by atoms with Crippen molar-refractivity contribution in [2.24, 2.45) is 16.6 Å². The fraction of sp³-hybridized carbons (Fsp3) is 0.857. The molecule has 2 aliphatic rings. The van der Waals surface area contributed by atoms with Crippen molar-refractivity contribution < 1.29 is 4.79 Å². The molecule has 1 heterocycles. The number of nitrogens with two attached hydrogens (primary N) is 1. The van der Waals surface area contributed by atoms with Crippen LogP contribution in [0.1, 0.15) is 45.4 Å². The smallest absolute Gasteiger partial charge is 0.216 e. The van der Waals surface area contributed by atoms with Crippen LogP contribution in [-0.4, -0.2) is 42.4 Å². The van der Waals surface area contributed by atoms with Gasteiger partial charge in [-0.2, -0.15) is 0 Å². The van der Waals surface area contributed by atoms with Gasteiger partial charge in [-0.3, -0.25) is 4.79 Å². The fourth-order valence-electron chi connectivity index (χ4n) is 2.96. The fourth-order valence-corrected chi connectivity index (χ4v) is 2.96. The van der Waals surface area contributed by atoms with Crippen LogP contribution in [0.4, 0.5) is 0 Å². The lowest BCUT2D eigenvalue weighted by Gasteiger charge is -2.33. The lowest BCUT2D eigenvalue weighted by molar-refractivity contribution is -0.119. The molecule has 0 aromatic rings. The average molecular weight is 266 g/mol. The van der Waals surface area contributed by atoms with Crippen LogP contribution in [0.15, 0.2) is 4.99 Å². The minimum absolute atomic E-state index is 0.0599. The van der Waals surface area contributed by atoms with E-state index in [9.17, 15) is 4.79 Å². The van der Waals surface area contributed by atoms with Crippen molar-refractivity contribution in [3.05, 3.63) is 0 Å². The molecular weight excluding hydrogens is 240 g/mol. The highest BCUT2D eigenvalue weighted by molar-refractivity contribution is 5.78. The molecule has 0 atom stereocenters. The summed E-state index contributed by atoms with van der Waals surface area (Å²) in [6, 6.07) is 0.456. The van der Waals surface area contributed by atoms with E-state index in [0.717, 1.165) is 38.4 Å². The average Bonchev–Trinajstić information content (AvgIpc) is 2.89. The van der Waals surface area contributed by atoms with Crippen LogP contribution < -0.4 is 11.1 Å². The molecule has 1 aliphatic carbocycles. The molecule has 19 heavy (non-hydrogen) atoms. The van der Waals surface area contributed by atoms with Crippen molar-refractivity contribution in [3.8, 4) is 0 Å². The Bertz CT molecular complexity index is 328. The topological polar surface area (TPSA) is 70.7 Å². The van der Waals surface area contributed by atoms with E-state index in [2.05, 4.69) is 15.2 Å². The van der Waals surface area contributed by atoms with Crippen LogP contribution in [0.5, 0.6) is 0 Å². The van der Waals surface area contributed by atoms with Gasteiger partial charge in [-0.1, -0.05) is 12.8 Å². The predicted octanol–water partition coefficient (Wildman–Crippen LogP) is 1.09. The maximum absolute atomic E-state index is 10.9. The lowest BCUT2D eigenvalue weighted by Crippen LogP contribution is -2.45. The lowest BCUT2D eigenvalue weighted by atomic mass is 9.97. The number of hydrogen-bond acceptors (Lipinski definition) is 2. The number of aliphatic imine (C=N–C) groups is 1. The molecule has 5 heteroatoms. The summed E-state index contributed by atoms with van der Waals surface area (Å²) >= 11 is 0. The predicted molar refractivity (Wildman–Crippen MR) is 76.9 cm³/mol. The summed E-state index contributed by atoms with van der Waals surface area (Å²) < 4.78 is 0. The van der Waals surface area contributed by atoms with Crippen molar-refractivity contribution in [1.82, 2.24) is 10.2 Å². The van der Waals surface area contributed by atoms with Gasteiger partial charge in [-0.05, 0) is 31.6 Å². The van der Waals surface area contributed by atoms with Crippen molar-refractivity contribution in [3.63, 3.8) is 0 Å². The van der Waals surface area contributed by atoms with Crippen LogP contribution in [0.3, 0.4) is 0 Å². The SMILES string of the molecule is CC(=O)NCC1CCN(C(N)=NC2CCCC2)CC1. The number of amides is 1. The second kappa shape index (κ2) is 6.78. The van der Waals surface area contributed by atoms with E-state index in [1.54, 1.807) is 6.92 Å². The van der Waals surface area contributed by atoms with E-state index in [4.69, 9.17) is 5.73 Å². The maximum atomic E-state index is 10.9.